The highest BCUT2D eigenvalue weighted by Crippen LogP contribution is 2.47. The molecule has 0 spiro atoms. The largest absolute Gasteiger partial charge is 0.481 e. The van der Waals surface area contributed by atoms with Crippen LogP contribution >= 0.6 is 0 Å². The Hall–Kier alpha value is -0.530. The number of carbonyl (C=O) groups is 1. The van der Waals surface area contributed by atoms with Crippen molar-refractivity contribution in [1.82, 2.24) is 0 Å². The molecule has 2 heteroatoms. The van der Waals surface area contributed by atoms with Crippen LogP contribution in [0.3, 0.4) is 0 Å². The first-order valence-electron chi connectivity index (χ1n) is 5.99. The number of fused-ring (bicyclic) bond motifs is 2. The van der Waals surface area contributed by atoms with E-state index in [4.69, 9.17) is 5.11 Å². The van der Waals surface area contributed by atoms with Crippen LogP contribution in [-0.4, -0.2) is 11.1 Å². The summed E-state index contributed by atoms with van der Waals surface area (Å²) in [5.41, 5.74) is 0. The van der Waals surface area contributed by atoms with Crippen molar-refractivity contribution in [3.05, 3.63) is 0 Å². The lowest BCUT2D eigenvalue weighted by Crippen LogP contribution is -2.14. The van der Waals surface area contributed by atoms with Crippen molar-refractivity contribution < 1.29 is 9.90 Å². The Bertz CT molecular complexity index is 198. The van der Waals surface area contributed by atoms with Crippen LogP contribution in [0.4, 0.5) is 0 Å². The third-order valence-electron chi connectivity index (χ3n) is 4.21. The molecule has 2 rings (SSSR count). The zero-order valence-electron chi connectivity index (χ0n) is 8.74. The molecule has 2 aliphatic rings. The molecule has 1 N–H and O–H groups in total. The van der Waals surface area contributed by atoms with E-state index in [0.717, 1.165) is 24.2 Å². The van der Waals surface area contributed by atoms with E-state index < -0.39 is 5.97 Å². The quantitative estimate of drug-likeness (QED) is 0.753. The molecule has 2 atom stereocenters. The van der Waals surface area contributed by atoms with Crippen molar-refractivity contribution in [3.8, 4) is 0 Å². The summed E-state index contributed by atoms with van der Waals surface area (Å²) < 4.78 is 0. The van der Waals surface area contributed by atoms with E-state index in [1.54, 1.807) is 0 Å². The van der Waals surface area contributed by atoms with Crippen LogP contribution in [0, 0.1) is 17.8 Å². The predicted molar refractivity (Wildman–Crippen MR) is 55.0 cm³/mol. The number of aliphatic carboxylic acids is 1. The number of hydrogen-bond donors (Lipinski definition) is 1. The topological polar surface area (TPSA) is 37.3 Å². The Kier molecular flexibility index (Phi) is 3.09. The second-order valence-electron chi connectivity index (χ2n) is 4.98. The summed E-state index contributed by atoms with van der Waals surface area (Å²) in [5, 5.41) is 8.71. The first-order chi connectivity index (χ1) is 6.77. The van der Waals surface area contributed by atoms with Crippen LogP contribution in [-0.2, 0) is 4.79 Å². The van der Waals surface area contributed by atoms with Gasteiger partial charge >= 0.3 is 5.97 Å². The first-order valence-corrected chi connectivity index (χ1v) is 5.99. The molecule has 0 aromatic carbocycles. The van der Waals surface area contributed by atoms with Gasteiger partial charge in [0.25, 0.3) is 0 Å². The Balaban J connectivity index is 1.92. The molecule has 2 aliphatic carbocycles. The van der Waals surface area contributed by atoms with E-state index in [1.807, 2.05) is 0 Å². The summed E-state index contributed by atoms with van der Waals surface area (Å²) in [4.78, 5) is 10.6. The molecule has 0 aliphatic heterocycles. The summed E-state index contributed by atoms with van der Waals surface area (Å²) in [6.45, 7) is 0. The summed E-state index contributed by atoms with van der Waals surface area (Å²) in [6, 6.07) is 0. The van der Waals surface area contributed by atoms with Crippen molar-refractivity contribution >= 4 is 5.97 Å². The highest BCUT2D eigenvalue weighted by molar-refractivity contribution is 5.66. The first kappa shape index (κ1) is 10.0. The smallest absolute Gasteiger partial charge is 0.303 e. The minimum atomic E-state index is -0.617. The molecule has 0 amide bonds. The maximum Gasteiger partial charge on any atom is 0.303 e. The van der Waals surface area contributed by atoms with Gasteiger partial charge < -0.3 is 5.11 Å². The lowest BCUT2D eigenvalue weighted by Gasteiger charge is -2.20. The molecule has 0 saturated heterocycles. The fourth-order valence-electron chi connectivity index (χ4n) is 3.53. The van der Waals surface area contributed by atoms with Gasteiger partial charge in [-0.25, -0.2) is 0 Å². The van der Waals surface area contributed by atoms with E-state index in [-0.39, 0.29) is 0 Å². The van der Waals surface area contributed by atoms with Gasteiger partial charge in [-0.2, -0.15) is 0 Å². The third-order valence-corrected chi connectivity index (χ3v) is 4.21. The van der Waals surface area contributed by atoms with E-state index >= 15 is 0 Å². The van der Waals surface area contributed by atoms with Gasteiger partial charge in [-0.3, -0.25) is 4.79 Å². The highest BCUT2D eigenvalue weighted by Gasteiger charge is 2.36. The normalized spacial score (nSPS) is 36.7. The van der Waals surface area contributed by atoms with Crippen LogP contribution in [0.1, 0.15) is 51.4 Å². The molecule has 14 heavy (non-hydrogen) atoms. The molecule has 2 saturated carbocycles. The number of carboxylic acids is 1. The number of rotatable bonds is 3. The lowest BCUT2D eigenvalue weighted by atomic mass is 9.85. The van der Waals surface area contributed by atoms with Gasteiger partial charge in [-0.15, -0.1) is 0 Å². The molecule has 0 aromatic rings. The van der Waals surface area contributed by atoms with Crippen molar-refractivity contribution in [3.63, 3.8) is 0 Å². The fraction of sp³-hybridized carbons (Fsp3) is 0.917. The van der Waals surface area contributed by atoms with Gasteiger partial charge in [0.1, 0.15) is 0 Å². The molecule has 2 fully saturated rings. The predicted octanol–water partition coefficient (Wildman–Crippen LogP) is 3.07. The standard InChI is InChI=1S/C12H20O2/c13-12(14)8-7-11-9-3-1-2-4-10(11)6-5-9/h9-11H,1-8H2,(H,13,14). The molecule has 2 nitrogen and oxygen atoms in total. The SMILES string of the molecule is O=C(O)CCC1C2CCCCC1CC2. The van der Waals surface area contributed by atoms with E-state index in [2.05, 4.69) is 0 Å². The lowest BCUT2D eigenvalue weighted by molar-refractivity contribution is -0.137. The van der Waals surface area contributed by atoms with Crippen molar-refractivity contribution in [2.24, 2.45) is 17.8 Å². The van der Waals surface area contributed by atoms with Crippen LogP contribution in [0.25, 0.3) is 0 Å². The molecule has 0 aromatic heterocycles. The number of hydrogen-bond acceptors (Lipinski definition) is 1. The van der Waals surface area contributed by atoms with Crippen LogP contribution in [0.15, 0.2) is 0 Å². The Morgan fingerprint density at radius 3 is 2.14 bits per heavy atom. The van der Waals surface area contributed by atoms with Crippen molar-refractivity contribution in [1.29, 1.82) is 0 Å². The van der Waals surface area contributed by atoms with Gasteiger partial charge in [0.2, 0.25) is 0 Å². The maximum atomic E-state index is 10.6. The van der Waals surface area contributed by atoms with Crippen molar-refractivity contribution in [2.45, 2.75) is 51.4 Å². The van der Waals surface area contributed by atoms with Crippen LogP contribution < -0.4 is 0 Å². The molecule has 80 valence electrons. The summed E-state index contributed by atoms with van der Waals surface area (Å²) in [6.07, 6.45) is 9.54. The molecule has 2 unspecified atom stereocenters. The fourth-order valence-corrected chi connectivity index (χ4v) is 3.53. The van der Waals surface area contributed by atoms with Gasteiger partial charge in [0.15, 0.2) is 0 Å². The molecular formula is C12H20O2. The maximum absolute atomic E-state index is 10.6. The second-order valence-corrected chi connectivity index (χ2v) is 4.98. The van der Waals surface area contributed by atoms with Gasteiger partial charge in [0.05, 0.1) is 0 Å². The molecule has 2 bridgehead atoms. The Morgan fingerprint density at radius 2 is 1.64 bits per heavy atom. The number of carboxylic acid groups (broad SMARTS) is 1. The molecule has 0 radical (unpaired) electrons. The average Bonchev–Trinajstić information content (AvgIpc) is 2.36. The average molecular weight is 196 g/mol. The van der Waals surface area contributed by atoms with Gasteiger partial charge in [-0.05, 0) is 37.0 Å². The van der Waals surface area contributed by atoms with E-state index in [1.165, 1.54) is 38.5 Å². The summed E-state index contributed by atoms with van der Waals surface area (Å²) in [5.74, 6) is 1.85. The minimum Gasteiger partial charge on any atom is -0.481 e. The summed E-state index contributed by atoms with van der Waals surface area (Å²) in [7, 11) is 0. The van der Waals surface area contributed by atoms with Crippen LogP contribution in [0.2, 0.25) is 0 Å². The van der Waals surface area contributed by atoms with E-state index in [9.17, 15) is 4.79 Å². The van der Waals surface area contributed by atoms with Gasteiger partial charge in [0, 0.05) is 6.42 Å². The monoisotopic (exact) mass is 196 g/mol. The summed E-state index contributed by atoms with van der Waals surface area (Å²) >= 11 is 0. The van der Waals surface area contributed by atoms with Crippen molar-refractivity contribution in [2.75, 3.05) is 0 Å². The van der Waals surface area contributed by atoms with Crippen LogP contribution in [0.5, 0.6) is 0 Å². The minimum absolute atomic E-state index is 0.387. The molecular weight excluding hydrogens is 176 g/mol. The molecule has 0 heterocycles. The zero-order valence-corrected chi connectivity index (χ0v) is 8.74. The Labute approximate surface area is 85.7 Å². The highest BCUT2D eigenvalue weighted by atomic mass is 16.4. The van der Waals surface area contributed by atoms with E-state index in [0.29, 0.717) is 6.42 Å². The third kappa shape index (κ3) is 2.10. The second kappa shape index (κ2) is 4.33. The van der Waals surface area contributed by atoms with Gasteiger partial charge in [-0.1, -0.05) is 25.7 Å². The zero-order chi connectivity index (χ0) is 9.97. The Morgan fingerprint density at radius 1 is 1.07 bits per heavy atom.